The average Bonchev–Trinajstić information content (AvgIpc) is 1.59. The zero-order chi connectivity index (χ0) is 64.1. The molecule has 1 amide bonds. The second kappa shape index (κ2) is 28.1. The molecule has 4 aromatic carbocycles. The number of carbonyl (C=O) groups excluding carboxylic acids is 4. The smallest absolute Gasteiger partial charge is 0.410 e. The Bertz CT molecular complexity index is 3750. The van der Waals surface area contributed by atoms with Gasteiger partial charge < -0.3 is 48.3 Å². The summed E-state index contributed by atoms with van der Waals surface area (Å²) in [6.45, 7) is 20.7. The van der Waals surface area contributed by atoms with Gasteiger partial charge in [-0.25, -0.2) is 14.4 Å². The highest BCUT2D eigenvalue weighted by molar-refractivity contribution is 6.06. The Labute approximate surface area is 536 Å². The van der Waals surface area contributed by atoms with Crippen molar-refractivity contribution in [3.8, 4) is 34.0 Å². The largest absolute Gasteiger partial charge is 0.497 e. The van der Waals surface area contributed by atoms with Crippen LogP contribution in [0.25, 0.3) is 56.5 Å². The lowest BCUT2D eigenvalue weighted by Gasteiger charge is -2.35. The van der Waals surface area contributed by atoms with E-state index in [1.807, 2.05) is 84.0 Å². The van der Waals surface area contributed by atoms with Crippen LogP contribution in [0.2, 0.25) is 0 Å². The number of ether oxygens (including phenoxy) is 4. The van der Waals surface area contributed by atoms with Gasteiger partial charge in [0.05, 0.1) is 49.8 Å². The molecule has 16 nitrogen and oxygen atoms in total. The molecule has 12 rings (SSSR count). The van der Waals surface area contributed by atoms with Gasteiger partial charge in [-0.05, 0) is 200 Å². The standard InChI is InChI=1S/C42H55N3O6.C33H39N3O4/c1-41(2,3)50-39(47)29-15-17-34-35(26-29)45-27-31(36(46)14-11-19-43-20-22-44(23-21-43)40(48)51-42(4,5)6)24-30-25-32(49-7)16-18-33(30)38(45)37(34)28-12-9-8-10-13-28;1-40-26-10-12-27-24(19-26)18-25(30(37)8-5-15-35-16-13-34-14-17-35)21-36-29-20-23(33(38)39)9-11-28(29)31(32(27)36)22-6-3-2-4-7-22/h15-18,24-26,28H,8-14,19-23,27H2,1-7H3;9-12,18-20,22,34H,2-8,13-17,21H2,1H3,(H,38,39). The summed E-state index contributed by atoms with van der Waals surface area (Å²) in [6.07, 6.45) is 18.1. The Morgan fingerprint density at radius 1 is 0.538 bits per heavy atom. The van der Waals surface area contributed by atoms with E-state index in [1.165, 1.54) is 49.7 Å². The summed E-state index contributed by atoms with van der Waals surface area (Å²) in [6, 6.07) is 23.8. The summed E-state index contributed by atoms with van der Waals surface area (Å²) in [5, 5.41) is 15.5. The molecule has 4 fully saturated rings. The number of aromatic nitrogens is 2. The topological polar surface area (TPSA) is 174 Å². The predicted octanol–water partition coefficient (Wildman–Crippen LogP) is 14.3. The Hall–Kier alpha value is -7.53. The number of allylic oxidation sites excluding steroid dienone is 2. The van der Waals surface area contributed by atoms with Gasteiger partial charge in [0.1, 0.15) is 22.7 Å². The Morgan fingerprint density at radius 2 is 0.989 bits per heavy atom. The molecule has 2 aliphatic carbocycles. The molecule has 2 N–H and O–H groups in total. The van der Waals surface area contributed by atoms with Crippen LogP contribution in [0.5, 0.6) is 11.5 Å². The number of carboxylic acid groups (broad SMARTS) is 1. The van der Waals surface area contributed by atoms with Crippen molar-refractivity contribution in [1.82, 2.24) is 29.2 Å². The van der Waals surface area contributed by atoms with E-state index in [0.717, 1.165) is 169 Å². The van der Waals surface area contributed by atoms with Crippen LogP contribution in [0.3, 0.4) is 0 Å². The fourth-order valence-corrected chi connectivity index (χ4v) is 14.7. The molecule has 0 spiro atoms. The van der Waals surface area contributed by atoms with Gasteiger partial charge in [0.25, 0.3) is 0 Å². The number of piperazine rings is 2. The van der Waals surface area contributed by atoms with E-state index in [0.29, 0.717) is 56.4 Å². The number of Topliss-reactive ketones (excluding diaryl/α,β-unsaturated/α-hetero) is 2. The second-order valence-electron chi connectivity index (χ2n) is 27.8. The van der Waals surface area contributed by atoms with Gasteiger partial charge >= 0.3 is 18.0 Å². The lowest BCUT2D eigenvalue weighted by Crippen LogP contribution is -2.50. The van der Waals surface area contributed by atoms with Crippen LogP contribution in [0.1, 0.15) is 186 Å². The fraction of sp³-hybridized carbons (Fsp3) is 0.507. The summed E-state index contributed by atoms with van der Waals surface area (Å²) < 4.78 is 27.1. The number of rotatable bonds is 16. The first-order chi connectivity index (χ1) is 43.7. The zero-order valence-corrected chi connectivity index (χ0v) is 55.0. The van der Waals surface area contributed by atoms with Gasteiger partial charge in [-0.3, -0.25) is 14.5 Å². The number of carboxylic acids is 1. The summed E-state index contributed by atoms with van der Waals surface area (Å²) in [5.74, 6) is 1.31. The van der Waals surface area contributed by atoms with E-state index in [9.17, 15) is 29.1 Å². The molecule has 6 heterocycles. The first-order valence-electron chi connectivity index (χ1n) is 33.5. The van der Waals surface area contributed by atoms with Gasteiger partial charge in [-0.15, -0.1) is 0 Å². The van der Waals surface area contributed by atoms with Crippen LogP contribution in [0, 0.1) is 0 Å². The Balaban J connectivity index is 0.000000192. The molecular formula is C75H94N6O10. The molecule has 0 radical (unpaired) electrons. The number of hydrogen-bond acceptors (Lipinski definition) is 12. The molecule has 484 valence electrons. The predicted molar refractivity (Wildman–Crippen MR) is 360 cm³/mol. The Kier molecular flexibility index (Phi) is 20.1. The average molecular weight is 1240 g/mol. The van der Waals surface area contributed by atoms with Crippen molar-refractivity contribution in [2.75, 3.05) is 79.7 Å². The number of nitrogens with one attached hydrogen (secondary N) is 1. The van der Waals surface area contributed by atoms with Crippen LogP contribution in [-0.4, -0.2) is 149 Å². The van der Waals surface area contributed by atoms with Crippen molar-refractivity contribution in [1.29, 1.82) is 0 Å². The second-order valence-corrected chi connectivity index (χ2v) is 27.8. The minimum absolute atomic E-state index is 0.119. The molecule has 16 heteroatoms. The van der Waals surface area contributed by atoms with Crippen molar-refractivity contribution in [3.05, 3.63) is 117 Å². The number of benzene rings is 4. The lowest BCUT2D eigenvalue weighted by atomic mass is 9.81. The first kappa shape index (κ1) is 65.0. The third-order valence-electron chi connectivity index (χ3n) is 19.2. The molecule has 6 aromatic rings. The number of nitrogens with zero attached hydrogens (tertiary/aromatic N) is 5. The van der Waals surface area contributed by atoms with Gasteiger partial charge in [0, 0.05) is 109 Å². The van der Waals surface area contributed by atoms with Crippen molar-refractivity contribution in [2.45, 2.75) is 168 Å². The van der Waals surface area contributed by atoms with Gasteiger partial charge in [-0.1, -0.05) is 50.7 Å². The van der Waals surface area contributed by atoms with Gasteiger partial charge in [-0.2, -0.15) is 0 Å². The van der Waals surface area contributed by atoms with Crippen LogP contribution in [-0.2, 0) is 32.2 Å². The summed E-state index contributed by atoms with van der Waals surface area (Å²) in [5.41, 5.74) is 12.0. The highest BCUT2D eigenvalue weighted by Gasteiger charge is 2.34. The highest BCUT2D eigenvalue weighted by atomic mass is 16.6. The van der Waals surface area contributed by atoms with Crippen molar-refractivity contribution in [3.63, 3.8) is 0 Å². The fourth-order valence-electron chi connectivity index (χ4n) is 14.7. The molecule has 0 atom stereocenters. The van der Waals surface area contributed by atoms with Crippen LogP contribution >= 0.6 is 0 Å². The number of fused-ring (bicyclic) bond motifs is 10. The highest BCUT2D eigenvalue weighted by Crippen LogP contribution is 2.49. The van der Waals surface area contributed by atoms with E-state index in [1.54, 1.807) is 31.3 Å². The first-order valence-corrected chi connectivity index (χ1v) is 33.5. The van der Waals surface area contributed by atoms with Crippen molar-refractivity contribution in [2.24, 2.45) is 0 Å². The monoisotopic (exact) mass is 1240 g/mol. The summed E-state index contributed by atoms with van der Waals surface area (Å²) in [7, 11) is 3.34. The van der Waals surface area contributed by atoms with Crippen LogP contribution < -0.4 is 14.8 Å². The molecule has 91 heavy (non-hydrogen) atoms. The van der Waals surface area contributed by atoms with Gasteiger partial charge in [0.2, 0.25) is 0 Å². The summed E-state index contributed by atoms with van der Waals surface area (Å²) in [4.78, 5) is 72.2. The normalized spacial score (nSPS) is 17.6. The molecule has 0 bridgehead atoms. The number of hydrogen-bond donors (Lipinski definition) is 2. The number of esters is 1. The maximum absolute atomic E-state index is 14.1. The molecule has 4 aliphatic heterocycles. The molecule has 6 aliphatic rings. The number of aromatic carboxylic acids is 1. The summed E-state index contributed by atoms with van der Waals surface area (Å²) >= 11 is 0. The van der Waals surface area contributed by atoms with E-state index in [2.05, 4.69) is 54.6 Å². The van der Waals surface area contributed by atoms with E-state index in [-0.39, 0.29) is 29.2 Å². The third-order valence-corrected chi connectivity index (χ3v) is 19.2. The zero-order valence-electron chi connectivity index (χ0n) is 55.0. The molecular weight excluding hydrogens is 1140 g/mol. The van der Waals surface area contributed by atoms with Crippen LogP contribution in [0.15, 0.2) is 83.9 Å². The maximum atomic E-state index is 14.1. The number of carbonyl (C=O) groups is 5. The van der Waals surface area contributed by atoms with E-state index in [4.69, 9.17) is 18.9 Å². The molecule has 2 aromatic heterocycles. The SMILES string of the molecule is COc1ccc2c(c1)C=C(C(=O)CCCN1CCN(C(=O)OC(C)(C)C)CC1)Cn1c-2c(C2CCCCC2)c2ccc(C(=O)OC(C)(C)C)cc21.COc1ccc2c(c1)C=C(C(=O)CCCN1CCNCC1)Cn1c-2c(C2CCCCC2)c2ccc(C(=O)O)cc21. The number of ketones is 2. The van der Waals surface area contributed by atoms with Crippen molar-refractivity contribution >= 4 is 63.6 Å². The minimum atomic E-state index is -0.935. The molecule has 2 saturated heterocycles. The Morgan fingerprint density at radius 3 is 1.44 bits per heavy atom. The van der Waals surface area contributed by atoms with Crippen LogP contribution in [0.4, 0.5) is 4.79 Å². The van der Waals surface area contributed by atoms with Gasteiger partial charge in [0.15, 0.2) is 11.6 Å². The van der Waals surface area contributed by atoms with Crippen molar-refractivity contribution < 1.29 is 48.0 Å². The maximum Gasteiger partial charge on any atom is 0.410 e. The molecule has 0 unspecified atom stereocenters. The third kappa shape index (κ3) is 15.0. The van der Waals surface area contributed by atoms with E-state index < -0.39 is 17.2 Å². The quantitative estimate of drug-likeness (QED) is 0.0877. The molecule has 2 saturated carbocycles. The number of amides is 1. The number of methoxy groups -OCH3 is 2. The lowest BCUT2D eigenvalue weighted by molar-refractivity contribution is -0.116. The van der Waals surface area contributed by atoms with E-state index >= 15 is 0 Å². The minimum Gasteiger partial charge on any atom is -0.497 e.